The van der Waals surface area contributed by atoms with E-state index in [9.17, 15) is 13.2 Å². The molecule has 4 rings (SSSR count). The van der Waals surface area contributed by atoms with Gasteiger partial charge in [0.25, 0.3) is 0 Å². The molecule has 0 radical (unpaired) electrons. The highest BCUT2D eigenvalue weighted by Gasteiger charge is 2.31. The van der Waals surface area contributed by atoms with Crippen LogP contribution in [0.2, 0.25) is 0 Å². The van der Waals surface area contributed by atoms with Crippen LogP contribution in [0.1, 0.15) is 11.3 Å². The number of aromatic amines is 1. The third kappa shape index (κ3) is 4.03. The summed E-state index contributed by atoms with van der Waals surface area (Å²) in [6.07, 6.45) is 2.19. The van der Waals surface area contributed by atoms with Crippen molar-refractivity contribution in [3.05, 3.63) is 78.2 Å². The quantitative estimate of drug-likeness (QED) is 0.494. The minimum atomic E-state index is -4.72. The predicted molar refractivity (Wildman–Crippen MR) is 101 cm³/mol. The zero-order chi connectivity index (χ0) is 19.6. The number of aromatic nitrogens is 3. The van der Waals surface area contributed by atoms with Crippen LogP contribution < -0.4 is 4.74 Å². The van der Waals surface area contributed by atoms with Crippen molar-refractivity contribution in [3.8, 4) is 16.9 Å². The van der Waals surface area contributed by atoms with Crippen molar-refractivity contribution in [2.75, 3.05) is 0 Å². The molecule has 0 amide bonds. The number of rotatable bonds is 4. The van der Waals surface area contributed by atoms with Crippen molar-refractivity contribution >= 4 is 23.1 Å². The summed E-state index contributed by atoms with van der Waals surface area (Å²) in [7, 11) is 0. The lowest BCUT2D eigenvalue weighted by Gasteiger charge is -2.08. The van der Waals surface area contributed by atoms with E-state index in [1.165, 1.54) is 18.2 Å². The van der Waals surface area contributed by atoms with Gasteiger partial charge in [-0.2, -0.15) is 5.10 Å². The summed E-state index contributed by atoms with van der Waals surface area (Å²) >= 11 is 0. The molecule has 2 aromatic carbocycles. The molecule has 0 aliphatic carbocycles. The molecule has 0 bridgehead atoms. The van der Waals surface area contributed by atoms with Crippen LogP contribution in [0.5, 0.6) is 5.75 Å². The van der Waals surface area contributed by atoms with Crippen LogP contribution in [0.25, 0.3) is 34.2 Å². The smallest absolute Gasteiger partial charge is 0.406 e. The van der Waals surface area contributed by atoms with Crippen LogP contribution in [-0.4, -0.2) is 21.5 Å². The molecule has 4 nitrogen and oxygen atoms in total. The molecule has 2 aromatic heterocycles. The molecule has 2 heterocycles. The van der Waals surface area contributed by atoms with E-state index in [0.717, 1.165) is 22.0 Å². The molecular weight excluding hydrogens is 367 g/mol. The zero-order valence-corrected chi connectivity index (χ0v) is 14.4. The molecule has 1 N–H and O–H groups in total. The van der Waals surface area contributed by atoms with Crippen molar-refractivity contribution in [2.45, 2.75) is 6.36 Å². The Morgan fingerprint density at radius 2 is 1.71 bits per heavy atom. The Morgan fingerprint density at radius 1 is 0.893 bits per heavy atom. The lowest BCUT2D eigenvalue weighted by Crippen LogP contribution is -2.17. The number of nitrogens with zero attached hydrogens (tertiary/aromatic N) is 2. The van der Waals surface area contributed by atoms with Gasteiger partial charge in [0.15, 0.2) is 0 Å². The number of hydrogen-bond acceptors (Lipinski definition) is 3. The Labute approximate surface area is 158 Å². The molecule has 0 aliphatic rings. The minimum Gasteiger partial charge on any atom is -0.406 e. The Kier molecular flexibility index (Phi) is 4.57. The lowest BCUT2D eigenvalue weighted by molar-refractivity contribution is -0.274. The van der Waals surface area contributed by atoms with Gasteiger partial charge in [0.1, 0.15) is 5.75 Å². The van der Waals surface area contributed by atoms with Crippen molar-refractivity contribution in [1.29, 1.82) is 0 Å². The largest absolute Gasteiger partial charge is 0.573 e. The van der Waals surface area contributed by atoms with Crippen molar-refractivity contribution in [3.63, 3.8) is 0 Å². The summed E-state index contributed by atoms with van der Waals surface area (Å²) < 4.78 is 41.0. The highest BCUT2D eigenvalue weighted by Crippen LogP contribution is 2.27. The average molecular weight is 381 g/mol. The molecule has 0 spiro atoms. The number of hydrogen-bond donors (Lipinski definition) is 1. The summed E-state index contributed by atoms with van der Waals surface area (Å²) in [4.78, 5) is 4.02. The third-order valence-electron chi connectivity index (χ3n) is 4.13. The second kappa shape index (κ2) is 7.19. The zero-order valence-electron chi connectivity index (χ0n) is 14.4. The third-order valence-corrected chi connectivity index (χ3v) is 4.13. The van der Waals surface area contributed by atoms with Gasteiger partial charge in [-0.15, -0.1) is 13.2 Å². The molecule has 0 aliphatic heterocycles. The van der Waals surface area contributed by atoms with Gasteiger partial charge < -0.3 is 4.74 Å². The maximum Gasteiger partial charge on any atom is 0.573 e. The molecule has 0 atom stereocenters. The predicted octanol–water partition coefficient (Wildman–Crippen LogP) is 5.69. The molecule has 0 unspecified atom stereocenters. The maximum absolute atomic E-state index is 12.4. The Hall–Kier alpha value is -3.61. The number of pyridine rings is 1. The number of H-pyrrole nitrogens is 1. The van der Waals surface area contributed by atoms with Gasteiger partial charge in [-0.05, 0) is 59.2 Å². The van der Waals surface area contributed by atoms with E-state index in [1.807, 2.05) is 30.3 Å². The van der Waals surface area contributed by atoms with E-state index < -0.39 is 6.36 Å². The highest BCUT2D eigenvalue weighted by atomic mass is 19.4. The molecule has 140 valence electrons. The second-order valence-electron chi connectivity index (χ2n) is 6.06. The van der Waals surface area contributed by atoms with Crippen molar-refractivity contribution in [1.82, 2.24) is 15.2 Å². The first-order valence-electron chi connectivity index (χ1n) is 8.40. The summed E-state index contributed by atoms with van der Waals surface area (Å²) in [6, 6.07) is 15.6. The van der Waals surface area contributed by atoms with E-state index in [1.54, 1.807) is 30.6 Å². The Balaban J connectivity index is 1.59. The fourth-order valence-electron chi connectivity index (χ4n) is 2.88. The normalized spacial score (nSPS) is 12.0. The number of halogens is 3. The standard InChI is InChI=1S/C21H14F3N3O/c22-21(23,24)28-17-3-1-2-14(12-17)4-7-19-18-6-5-16(13-20(18)27-26-19)15-8-10-25-11-9-15/h1-13H,(H,26,27). The van der Waals surface area contributed by atoms with E-state index in [2.05, 4.69) is 19.9 Å². The number of alkyl halides is 3. The molecule has 0 saturated heterocycles. The van der Waals surface area contributed by atoms with Crippen LogP contribution in [0.3, 0.4) is 0 Å². The molecule has 7 heteroatoms. The highest BCUT2D eigenvalue weighted by molar-refractivity contribution is 5.92. The SMILES string of the molecule is FC(F)(F)Oc1cccc(C=Cc2n[nH]c3cc(-c4ccncc4)ccc23)c1. The maximum atomic E-state index is 12.4. The summed E-state index contributed by atoms with van der Waals surface area (Å²) in [5, 5.41) is 8.19. The van der Waals surface area contributed by atoms with Crippen LogP contribution in [0.15, 0.2) is 67.0 Å². The van der Waals surface area contributed by atoms with Gasteiger partial charge in [0, 0.05) is 17.8 Å². The van der Waals surface area contributed by atoms with Gasteiger partial charge in [-0.25, -0.2) is 0 Å². The van der Waals surface area contributed by atoms with E-state index in [4.69, 9.17) is 0 Å². The number of ether oxygens (including phenoxy) is 1. The summed E-state index contributed by atoms with van der Waals surface area (Å²) in [6.45, 7) is 0. The Morgan fingerprint density at radius 3 is 2.50 bits per heavy atom. The van der Waals surface area contributed by atoms with E-state index in [-0.39, 0.29) is 5.75 Å². The van der Waals surface area contributed by atoms with Gasteiger partial charge in [-0.1, -0.05) is 24.3 Å². The molecule has 4 aromatic rings. The number of fused-ring (bicyclic) bond motifs is 1. The van der Waals surface area contributed by atoms with Gasteiger partial charge in [0.2, 0.25) is 0 Å². The monoisotopic (exact) mass is 381 g/mol. The molecule has 28 heavy (non-hydrogen) atoms. The van der Waals surface area contributed by atoms with Crippen molar-refractivity contribution in [2.24, 2.45) is 0 Å². The average Bonchev–Trinajstić information content (AvgIpc) is 3.08. The number of benzene rings is 2. The first kappa shape index (κ1) is 17.8. The summed E-state index contributed by atoms with van der Waals surface area (Å²) in [5.74, 6) is -0.261. The molecular formula is C21H14F3N3O. The van der Waals surface area contributed by atoms with Crippen LogP contribution >= 0.6 is 0 Å². The van der Waals surface area contributed by atoms with Crippen LogP contribution in [0, 0.1) is 0 Å². The molecule has 0 saturated carbocycles. The molecule has 0 fully saturated rings. The fraction of sp³-hybridized carbons (Fsp3) is 0.0476. The van der Waals surface area contributed by atoms with Crippen LogP contribution in [-0.2, 0) is 0 Å². The van der Waals surface area contributed by atoms with Crippen LogP contribution in [0.4, 0.5) is 13.2 Å². The van der Waals surface area contributed by atoms with Crippen molar-refractivity contribution < 1.29 is 17.9 Å². The fourth-order valence-corrected chi connectivity index (χ4v) is 2.88. The topological polar surface area (TPSA) is 50.8 Å². The van der Waals surface area contributed by atoms with E-state index >= 15 is 0 Å². The van der Waals surface area contributed by atoms with Gasteiger partial charge >= 0.3 is 6.36 Å². The first-order valence-corrected chi connectivity index (χ1v) is 8.40. The number of nitrogens with one attached hydrogen (secondary N) is 1. The first-order chi connectivity index (χ1) is 13.5. The van der Waals surface area contributed by atoms with Gasteiger partial charge in [0.05, 0.1) is 11.2 Å². The minimum absolute atomic E-state index is 0.261. The lowest BCUT2D eigenvalue weighted by atomic mass is 10.0. The van der Waals surface area contributed by atoms with E-state index in [0.29, 0.717) is 11.3 Å². The Bertz CT molecular complexity index is 1130. The second-order valence-corrected chi connectivity index (χ2v) is 6.06. The summed E-state index contributed by atoms with van der Waals surface area (Å²) in [5.41, 5.74) is 4.21. The van der Waals surface area contributed by atoms with Gasteiger partial charge in [-0.3, -0.25) is 10.1 Å².